The Kier molecular flexibility index (Phi) is 5.28. The fraction of sp³-hybridized carbons (Fsp3) is 0.200. The molecule has 0 atom stereocenters. The number of carbonyl (C=O) groups is 1. The van der Waals surface area contributed by atoms with Gasteiger partial charge < -0.3 is 14.8 Å². The molecule has 1 aromatic heterocycles. The number of phenolic OH excluding ortho intramolecular Hbond substituents is 1. The molecule has 0 aliphatic carbocycles. The number of phenols is 1. The van der Waals surface area contributed by atoms with Crippen molar-refractivity contribution < 1.29 is 14.3 Å². The van der Waals surface area contributed by atoms with Crippen LogP contribution in [0.25, 0.3) is 11.0 Å². The first kappa shape index (κ1) is 18.0. The molecule has 0 fully saturated rings. The number of aryl methyl sites for hydroxylation is 1. The van der Waals surface area contributed by atoms with Gasteiger partial charge in [0, 0.05) is 35.0 Å². The smallest absolute Gasteiger partial charge is 0.339 e. The lowest BCUT2D eigenvalue weighted by Crippen LogP contribution is -2.24. The minimum absolute atomic E-state index is 0.0354. The molecule has 3 rings (SSSR count). The lowest BCUT2D eigenvalue weighted by Gasteiger charge is -2.09. The van der Waals surface area contributed by atoms with Crippen molar-refractivity contribution in [3.05, 3.63) is 74.6 Å². The zero-order valence-electron chi connectivity index (χ0n) is 14.2. The third kappa shape index (κ3) is 4.06. The highest BCUT2D eigenvalue weighted by molar-refractivity contribution is 6.30. The van der Waals surface area contributed by atoms with E-state index in [1.54, 1.807) is 18.2 Å². The van der Waals surface area contributed by atoms with Crippen molar-refractivity contribution in [1.82, 2.24) is 5.32 Å². The van der Waals surface area contributed by atoms with Crippen molar-refractivity contribution >= 4 is 28.5 Å². The van der Waals surface area contributed by atoms with E-state index < -0.39 is 5.63 Å². The lowest BCUT2D eigenvalue weighted by molar-refractivity contribution is -0.121. The molecule has 0 saturated heterocycles. The molecular formula is C20H18ClNO4. The van der Waals surface area contributed by atoms with Crippen LogP contribution in [0.4, 0.5) is 0 Å². The molecule has 0 radical (unpaired) electrons. The second-order valence-electron chi connectivity index (χ2n) is 6.08. The van der Waals surface area contributed by atoms with Gasteiger partial charge in [-0.3, -0.25) is 4.79 Å². The maximum atomic E-state index is 12.2. The van der Waals surface area contributed by atoms with Crippen molar-refractivity contribution in [3.63, 3.8) is 0 Å². The van der Waals surface area contributed by atoms with Crippen molar-refractivity contribution in [3.8, 4) is 5.75 Å². The summed E-state index contributed by atoms with van der Waals surface area (Å²) in [5.41, 5.74) is 2.00. The van der Waals surface area contributed by atoms with Crippen LogP contribution >= 0.6 is 11.6 Å². The third-order valence-corrected chi connectivity index (χ3v) is 4.49. The average molecular weight is 372 g/mol. The predicted molar refractivity (Wildman–Crippen MR) is 101 cm³/mol. The van der Waals surface area contributed by atoms with Gasteiger partial charge in [-0.25, -0.2) is 4.79 Å². The van der Waals surface area contributed by atoms with E-state index in [4.69, 9.17) is 16.0 Å². The molecule has 0 spiro atoms. The maximum absolute atomic E-state index is 12.2. The summed E-state index contributed by atoms with van der Waals surface area (Å²) in [5.74, 6) is -0.122. The van der Waals surface area contributed by atoms with Crippen LogP contribution in [0.15, 0.2) is 51.7 Å². The van der Waals surface area contributed by atoms with Crippen LogP contribution in [-0.2, 0) is 17.8 Å². The maximum Gasteiger partial charge on any atom is 0.339 e. The zero-order chi connectivity index (χ0) is 18.7. The second-order valence-corrected chi connectivity index (χ2v) is 6.52. The van der Waals surface area contributed by atoms with Crippen LogP contribution in [0, 0.1) is 6.92 Å². The number of hydrogen-bond acceptors (Lipinski definition) is 4. The van der Waals surface area contributed by atoms with E-state index in [-0.39, 0.29) is 24.5 Å². The number of hydrogen-bond donors (Lipinski definition) is 2. The first-order valence-corrected chi connectivity index (χ1v) is 8.58. The summed E-state index contributed by atoms with van der Waals surface area (Å²) < 4.78 is 5.27. The number of amides is 1. The lowest BCUT2D eigenvalue weighted by atomic mass is 10.0. The van der Waals surface area contributed by atoms with Crippen LogP contribution in [0.3, 0.4) is 0 Å². The standard InChI is InChI=1S/C20H18ClNO4/c1-12-16-6-5-15(23)10-18(16)26-20(25)17(12)7-8-19(24)22-11-13-3-2-4-14(21)9-13/h2-6,9-10,23H,7-8,11H2,1H3,(H,22,24). The normalized spacial score (nSPS) is 10.8. The average Bonchev–Trinajstić information content (AvgIpc) is 2.59. The summed E-state index contributed by atoms with van der Waals surface area (Å²) >= 11 is 5.92. The number of halogens is 1. The number of fused-ring (bicyclic) bond motifs is 1. The predicted octanol–water partition coefficient (Wildman–Crippen LogP) is 3.71. The largest absolute Gasteiger partial charge is 0.508 e. The molecule has 26 heavy (non-hydrogen) atoms. The zero-order valence-corrected chi connectivity index (χ0v) is 15.0. The van der Waals surface area contributed by atoms with Crippen LogP contribution in [0.1, 0.15) is 23.1 Å². The Morgan fingerprint density at radius 2 is 2.04 bits per heavy atom. The van der Waals surface area contributed by atoms with E-state index in [9.17, 15) is 14.7 Å². The van der Waals surface area contributed by atoms with Gasteiger partial charge in [-0.2, -0.15) is 0 Å². The summed E-state index contributed by atoms with van der Waals surface area (Å²) in [7, 11) is 0. The van der Waals surface area contributed by atoms with E-state index in [0.29, 0.717) is 22.7 Å². The minimum Gasteiger partial charge on any atom is -0.508 e. The van der Waals surface area contributed by atoms with E-state index in [1.165, 1.54) is 12.1 Å². The Morgan fingerprint density at radius 3 is 2.81 bits per heavy atom. The van der Waals surface area contributed by atoms with Crippen LogP contribution in [-0.4, -0.2) is 11.0 Å². The van der Waals surface area contributed by atoms with Gasteiger partial charge in [0.2, 0.25) is 5.91 Å². The van der Waals surface area contributed by atoms with E-state index in [2.05, 4.69) is 5.32 Å². The molecule has 0 unspecified atom stereocenters. The van der Waals surface area contributed by atoms with Gasteiger partial charge in [0.25, 0.3) is 0 Å². The number of rotatable bonds is 5. The van der Waals surface area contributed by atoms with Gasteiger partial charge in [0.05, 0.1) is 0 Å². The molecule has 2 N–H and O–H groups in total. The monoisotopic (exact) mass is 371 g/mol. The highest BCUT2D eigenvalue weighted by Gasteiger charge is 2.13. The molecule has 1 amide bonds. The van der Waals surface area contributed by atoms with Gasteiger partial charge in [-0.1, -0.05) is 23.7 Å². The summed E-state index contributed by atoms with van der Waals surface area (Å²) in [6.45, 7) is 2.19. The second kappa shape index (κ2) is 7.62. The molecule has 0 aliphatic heterocycles. The molecule has 0 saturated carbocycles. The summed E-state index contributed by atoms with van der Waals surface area (Å²) in [5, 5.41) is 13.7. The van der Waals surface area contributed by atoms with E-state index >= 15 is 0 Å². The number of benzene rings is 2. The van der Waals surface area contributed by atoms with Crippen molar-refractivity contribution in [2.75, 3.05) is 0 Å². The minimum atomic E-state index is -0.483. The van der Waals surface area contributed by atoms with Gasteiger partial charge in [-0.15, -0.1) is 0 Å². The summed E-state index contributed by atoms with van der Waals surface area (Å²) in [4.78, 5) is 24.3. The number of nitrogens with one attached hydrogen (secondary N) is 1. The van der Waals surface area contributed by atoms with Crippen LogP contribution < -0.4 is 10.9 Å². The van der Waals surface area contributed by atoms with Crippen molar-refractivity contribution in [2.24, 2.45) is 0 Å². The highest BCUT2D eigenvalue weighted by Crippen LogP contribution is 2.23. The SMILES string of the molecule is Cc1c(CCC(=O)NCc2cccc(Cl)c2)c(=O)oc2cc(O)ccc12. The first-order valence-electron chi connectivity index (χ1n) is 8.20. The highest BCUT2D eigenvalue weighted by atomic mass is 35.5. The Morgan fingerprint density at radius 1 is 1.23 bits per heavy atom. The third-order valence-electron chi connectivity index (χ3n) is 4.25. The van der Waals surface area contributed by atoms with E-state index in [1.807, 2.05) is 19.1 Å². The number of aromatic hydroxyl groups is 1. The fourth-order valence-electron chi connectivity index (χ4n) is 2.85. The molecule has 3 aromatic rings. The van der Waals surface area contributed by atoms with Crippen molar-refractivity contribution in [2.45, 2.75) is 26.3 Å². The van der Waals surface area contributed by atoms with Gasteiger partial charge >= 0.3 is 5.63 Å². The van der Waals surface area contributed by atoms with Crippen LogP contribution in [0.5, 0.6) is 5.75 Å². The molecular weight excluding hydrogens is 354 g/mol. The Bertz CT molecular complexity index is 1030. The molecule has 1 heterocycles. The summed E-state index contributed by atoms with van der Waals surface area (Å²) in [6.07, 6.45) is 0.460. The first-order chi connectivity index (χ1) is 12.4. The Balaban J connectivity index is 1.68. The Labute approximate surface area is 155 Å². The molecule has 0 bridgehead atoms. The summed E-state index contributed by atoms with van der Waals surface area (Å²) in [6, 6.07) is 11.9. The van der Waals surface area contributed by atoms with Crippen molar-refractivity contribution in [1.29, 1.82) is 0 Å². The molecule has 0 aliphatic rings. The topological polar surface area (TPSA) is 79.5 Å². The van der Waals surface area contributed by atoms with Crippen LogP contribution in [0.2, 0.25) is 5.02 Å². The van der Waals surface area contributed by atoms with Gasteiger partial charge in [0.1, 0.15) is 11.3 Å². The molecule has 2 aromatic carbocycles. The fourth-order valence-corrected chi connectivity index (χ4v) is 3.06. The quantitative estimate of drug-likeness (QED) is 0.670. The van der Waals surface area contributed by atoms with E-state index in [0.717, 1.165) is 16.5 Å². The van der Waals surface area contributed by atoms with Gasteiger partial charge in [-0.05, 0) is 48.7 Å². The molecule has 6 heteroatoms. The molecule has 5 nitrogen and oxygen atoms in total. The number of carbonyl (C=O) groups excluding carboxylic acids is 1. The Hall–Kier alpha value is -2.79. The molecule has 134 valence electrons. The van der Waals surface area contributed by atoms with Gasteiger partial charge in [0.15, 0.2) is 0 Å².